The summed E-state index contributed by atoms with van der Waals surface area (Å²) < 4.78 is 40.7. The number of nitrogens with one attached hydrogen (secondary N) is 1. The highest BCUT2D eigenvalue weighted by atomic mass is 19.4. The van der Waals surface area contributed by atoms with Crippen molar-refractivity contribution in [2.75, 3.05) is 19.7 Å². The summed E-state index contributed by atoms with van der Waals surface area (Å²) in [5, 5.41) is 12.9. The third kappa shape index (κ3) is 3.95. The zero-order valence-electron chi connectivity index (χ0n) is 17.7. The standard InChI is InChI=1S/C23H26F3N3O3/c1-2-27-21(31)19-16(13-30)18-12-29-17(20(19)28(18)11-10-23(24,25)26)9-8-15(22(29)32)14-6-4-3-5-7-14/h3-9,16,18-20,30H,2,10-13H2,1H3,(H,27,31)/t16-,18-,19+,20+/m1/s1. The van der Waals surface area contributed by atoms with Gasteiger partial charge < -0.3 is 15.0 Å². The molecule has 6 nitrogen and oxygen atoms in total. The third-order valence-corrected chi connectivity index (χ3v) is 6.56. The molecular formula is C23H26F3N3O3. The van der Waals surface area contributed by atoms with Crippen LogP contribution in [0.15, 0.2) is 47.3 Å². The molecule has 2 aromatic rings. The molecule has 0 spiro atoms. The molecule has 1 amide bonds. The lowest BCUT2D eigenvalue weighted by Gasteiger charge is -2.38. The summed E-state index contributed by atoms with van der Waals surface area (Å²) in [6.07, 6.45) is -5.36. The summed E-state index contributed by atoms with van der Waals surface area (Å²) in [4.78, 5) is 27.9. The van der Waals surface area contributed by atoms with Gasteiger partial charge in [0.2, 0.25) is 5.91 Å². The van der Waals surface area contributed by atoms with Crippen LogP contribution in [-0.4, -0.2) is 52.4 Å². The highest BCUT2D eigenvalue weighted by Gasteiger charge is 2.55. The number of fused-ring (bicyclic) bond motifs is 4. The Labute approximate surface area is 183 Å². The van der Waals surface area contributed by atoms with Gasteiger partial charge >= 0.3 is 6.18 Å². The lowest BCUT2D eigenvalue weighted by Crippen LogP contribution is -2.47. The minimum Gasteiger partial charge on any atom is -0.396 e. The number of hydrogen-bond donors (Lipinski definition) is 2. The Hall–Kier alpha value is -2.65. The van der Waals surface area contributed by atoms with Crippen molar-refractivity contribution in [3.63, 3.8) is 0 Å². The van der Waals surface area contributed by atoms with E-state index in [4.69, 9.17) is 0 Å². The molecule has 0 aliphatic carbocycles. The van der Waals surface area contributed by atoms with Gasteiger partial charge in [-0.05, 0) is 24.6 Å². The summed E-state index contributed by atoms with van der Waals surface area (Å²) in [6.45, 7) is 1.62. The second-order valence-electron chi connectivity index (χ2n) is 8.34. The number of benzene rings is 1. The van der Waals surface area contributed by atoms with Crippen LogP contribution >= 0.6 is 0 Å². The second-order valence-corrected chi connectivity index (χ2v) is 8.34. The Balaban J connectivity index is 1.81. The monoisotopic (exact) mass is 449 g/mol. The first kappa shape index (κ1) is 22.5. The van der Waals surface area contributed by atoms with Crippen molar-refractivity contribution in [2.45, 2.75) is 38.1 Å². The second kappa shape index (κ2) is 8.71. The highest BCUT2D eigenvalue weighted by Crippen LogP contribution is 2.48. The molecule has 4 atom stereocenters. The zero-order chi connectivity index (χ0) is 23.0. The maximum Gasteiger partial charge on any atom is 0.390 e. The SMILES string of the molecule is CCNC(=O)[C@H]1[C@H](CO)[C@H]2Cn3c(ccc(-c4ccccc4)c3=O)[C@@H]1N2CCC(F)(F)F. The van der Waals surface area contributed by atoms with Crippen molar-refractivity contribution < 1.29 is 23.1 Å². The highest BCUT2D eigenvalue weighted by molar-refractivity contribution is 5.80. The number of rotatable bonds is 6. The van der Waals surface area contributed by atoms with Crippen LogP contribution in [0.3, 0.4) is 0 Å². The molecule has 0 saturated carbocycles. The van der Waals surface area contributed by atoms with E-state index in [0.29, 0.717) is 17.8 Å². The van der Waals surface area contributed by atoms with E-state index in [9.17, 15) is 27.9 Å². The molecule has 2 aliphatic rings. The topological polar surface area (TPSA) is 74.6 Å². The molecular weight excluding hydrogens is 423 g/mol. The molecule has 0 radical (unpaired) electrons. The van der Waals surface area contributed by atoms with Crippen LogP contribution in [0.5, 0.6) is 0 Å². The quantitative estimate of drug-likeness (QED) is 0.711. The van der Waals surface area contributed by atoms with E-state index in [1.54, 1.807) is 28.5 Å². The average Bonchev–Trinajstić information content (AvgIpc) is 2.98. The van der Waals surface area contributed by atoms with Crippen LogP contribution in [0.2, 0.25) is 0 Å². The van der Waals surface area contributed by atoms with Gasteiger partial charge in [-0.1, -0.05) is 30.3 Å². The summed E-state index contributed by atoms with van der Waals surface area (Å²) in [5.74, 6) is -1.63. The van der Waals surface area contributed by atoms with Crippen LogP contribution in [0, 0.1) is 11.8 Å². The fourth-order valence-corrected chi connectivity index (χ4v) is 5.22. The fraction of sp³-hybridized carbons (Fsp3) is 0.478. The van der Waals surface area contributed by atoms with Crippen molar-refractivity contribution in [3.8, 4) is 11.1 Å². The smallest absolute Gasteiger partial charge is 0.390 e. The van der Waals surface area contributed by atoms with Gasteiger partial charge in [0, 0.05) is 49.5 Å². The van der Waals surface area contributed by atoms with Gasteiger partial charge in [-0.2, -0.15) is 13.2 Å². The van der Waals surface area contributed by atoms with E-state index < -0.39 is 36.5 Å². The van der Waals surface area contributed by atoms with Gasteiger partial charge in [-0.25, -0.2) is 0 Å². The normalized spacial score (nSPS) is 24.9. The number of aromatic nitrogens is 1. The van der Waals surface area contributed by atoms with E-state index >= 15 is 0 Å². The summed E-state index contributed by atoms with van der Waals surface area (Å²) in [7, 11) is 0. The first-order valence-corrected chi connectivity index (χ1v) is 10.8. The lowest BCUT2D eigenvalue weighted by atomic mass is 9.86. The van der Waals surface area contributed by atoms with Crippen LogP contribution in [0.1, 0.15) is 25.1 Å². The van der Waals surface area contributed by atoms with Crippen LogP contribution in [0.25, 0.3) is 11.1 Å². The minimum absolute atomic E-state index is 0.129. The number of aliphatic hydroxyl groups is 1. The van der Waals surface area contributed by atoms with E-state index in [1.165, 1.54) is 0 Å². The van der Waals surface area contributed by atoms with Crippen molar-refractivity contribution in [1.29, 1.82) is 0 Å². The summed E-state index contributed by atoms with van der Waals surface area (Å²) in [6, 6.07) is 11.3. The number of hydrogen-bond acceptors (Lipinski definition) is 4. The Morgan fingerprint density at radius 2 is 1.91 bits per heavy atom. The largest absolute Gasteiger partial charge is 0.396 e. The number of carbonyl (C=O) groups excluding carboxylic acids is 1. The minimum atomic E-state index is -4.34. The van der Waals surface area contributed by atoms with Crippen LogP contribution < -0.4 is 10.9 Å². The van der Waals surface area contributed by atoms with Crippen molar-refractivity contribution in [2.24, 2.45) is 11.8 Å². The molecule has 2 aliphatic heterocycles. The molecule has 32 heavy (non-hydrogen) atoms. The molecule has 4 rings (SSSR count). The number of amides is 1. The Morgan fingerprint density at radius 1 is 1.19 bits per heavy atom. The predicted octanol–water partition coefficient (Wildman–Crippen LogP) is 2.57. The van der Waals surface area contributed by atoms with Crippen molar-refractivity contribution >= 4 is 5.91 Å². The maximum atomic E-state index is 13.4. The first-order valence-electron chi connectivity index (χ1n) is 10.8. The summed E-state index contributed by atoms with van der Waals surface area (Å²) in [5.41, 5.74) is 1.51. The molecule has 2 N–H and O–H groups in total. The van der Waals surface area contributed by atoms with Crippen molar-refractivity contribution in [1.82, 2.24) is 14.8 Å². The van der Waals surface area contributed by atoms with E-state index in [2.05, 4.69) is 5.32 Å². The molecule has 0 unspecified atom stereocenters. The molecule has 1 aromatic carbocycles. The lowest BCUT2D eigenvalue weighted by molar-refractivity contribution is -0.140. The van der Waals surface area contributed by atoms with Gasteiger partial charge in [0.1, 0.15) is 0 Å². The molecule has 1 aromatic heterocycles. The Kier molecular flexibility index (Phi) is 6.13. The number of alkyl halides is 3. The molecule has 1 saturated heterocycles. The maximum absolute atomic E-state index is 13.4. The van der Waals surface area contributed by atoms with Gasteiger partial charge in [-0.15, -0.1) is 0 Å². The number of carbonyl (C=O) groups is 1. The Bertz CT molecular complexity index is 1040. The van der Waals surface area contributed by atoms with Gasteiger partial charge in [0.05, 0.1) is 18.4 Å². The van der Waals surface area contributed by atoms with E-state index in [0.717, 1.165) is 5.56 Å². The Morgan fingerprint density at radius 3 is 2.53 bits per heavy atom. The molecule has 3 heterocycles. The van der Waals surface area contributed by atoms with Crippen LogP contribution in [0.4, 0.5) is 13.2 Å². The molecule has 9 heteroatoms. The first-order chi connectivity index (χ1) is 15.3. The molecule has 172 valence electrons. The number of halogens is 3. The third-order valence-electron chi connectivity index (χ3n) is 6.56. The van der Waals surface area contributed by atoms with E-state index in [-0.39, 0.29) is 31.2 Å². The number of nitrogens with zero attached hydrogens (tertiary/aromatic N) is 2. The number of aliphatic hydroxyl groups excluding tert-OH is 1. The predicted molar refractivity (Wildman–Crippen MR) is 113 cm³/mol. The average molecular weight is 449 g/mol. The molecule has 2 bridgehead atoms. The van der Waals surface area contributed by atoms with Crippen molar-refractivity contribution in [3.05, 3.63) is 58.5 Å². The van der Waals surface area contributed by atoms with Gasteiger partial charge in [-0.3, -0.25) is 14.5 Å². The number of pyridine rings is 1. The zero-order valence-corrected chi connectivity index (χ0v) is 17.7. The van der Waals surface area contributed by atoms with Gasteiger partial charge in [0.15, 0.2) is 0 Å². The van der Waals surface area contributed by atoms with E-state index in [1.807, 2.05) is 30.3 Å². The fourth-order valence-electron chi connectivity index (χ4n) is 5.22. The molecule has 1 fully saturated rings. The van der Waals surface area contributed by atoms with Crippen LogP contribution in [-0.2, 0) is 11.3 Å². The summed E-state index contributed by atoms with van der Waals surface area (Å²) >= 11 is 0. The van der Waals surface area contributed by atoms with Gasteiger partial charge in [0.25, 0.3) is 5.56 Å².